The van der Waals surface area contributed by atoms with Crippen LogP contribution in [0, 0.1) is 5.41 Å². The molecule has 0 aliphatic carbocycles. The van der Waals surface area contributed by atoms with Crippen LogP contribution in [0.5, 0.6) is 0 Å². The average Bonchev–Trinajstić information content (AvgIpc) is 3.16. The number of hydrazone groups is 1. The summed E-state index contributed by atoms with van der Waals surface area (Å²) in [6.45, 7) is 2.12. The highest BCUT2D eigenvalue weighted by atomic mass is 79.9. The van der Waals surface area contributed by atoms with Gasteiger partial charge in [-0.2, -0.15) is 16.9 Å². The molecule has 0 fully saturated rings. The normalized spacial score (nSPS) is 17.9. The Morgan fingerprint density at radius 1 is 1.23 bits per heavy atom. The molecule has 1 aliphatic rings. The number of nitrogens with one attached hydrogen (secondary N) is 1. The number of hydrogen-bond acceptors (Lipinski definition) is 5. The second kappa shape index (κ2) is 10.5. The number of hydrogen-bond donors (Lipinski definition) is 1. The Balaban J connectivity index is 1.97. The van der Waals surface area contributed by atoms with Gasteiger partial charge < -0.3 is 10.1 Å². The van der Waals surface area contributed by atoms with Gasteiger partial charge in [-0.05, 0) is 67.3 Å². The quantitative estimate of drug-likeness (QED) is 0.475. The zero-order valence-corrected chi connectivity index (χ0v) is 20.4. The van der Waals surface area contributed by atoms with Crippen LogP contribution >= 0.6 is 39.3 Å². The van der Waals surface area contributed by atoms with Gasteiger partial charge in [-0.25, -0.2) is 9.80 Å². The van der Waals surface area contributed by atoms with Crippen LogP contribution < -0.4 is 5.32 Å². The predicted molar refractivity (Wildman–Crippen MR) is 130 cm³/mol. The van der Waals surface area contributed by atoms with E-state index in [1.54, 1.807) is 43.0 Å². The third-order valence-electron chi connectivity index (χ3n) is 4.94. The fourth-order valence-electron chi connectivity index (χ4n) is 3.37. The van der Waals surface area contributed by atoms with E-state index in [2.05, 4.69) is 26.3 Å². The van der Waals surface area contributed by atoms with Crippen molar-refractivity contribution in [2.24, 2.45) is 10.5 Å². The Kier molecular flexibility index (Phi) is 8.02. The molecule has 164 valence electrons. The highest BCUT2D eigenvalue weighted by Gasteiger charge is 2.51. The van der Waals surface area contributed by atoms with Gasteiger partial charge in [0.05, 0.1) is 18.9 Å². The minimum Gasteiger partial charge on any atom is -0.465 e. The van der Waals surface area contributed by atoms with Crippen LogP contribution in [0.15, 0.2) is 58.1 Å². The van der Waals surface area contributed by atoms with Gasteiger partial charge in [-0.1, -0.05) is 39.7 Å². The van der Waals surface area contributed by atoms with Crippen molar-refractivity contribution in [2.75, 3.05) is 30.5 Å². The van der Waals surface area contributed by atoms with Gasteiger partial charge in [0.15, 0.2) is 0 Å². The number of nitrogens with zero attached hydrogens (tertiary/aromatic N) is 2. The lowest BCUT2D eigenvalue weighted by atomic mass is 9.78. The van der Waals surface area contributed by atoms with Crippen molar-refractivity contribution in [1.29, 1.82) is 0 Å². The molecule has 2 amide bonds. The largest absolute Gasteiger partial charge is 0.465 e. The summed E-state index contributed by atoms with van der Waals surface area (Å²) in [6, 6.07) is 13.9. The SMILES string of the molecule is CCOC(=O)C1(CCSC)CN(C(=O)Nc2ccc(Br)cc2)N=C1c1ccc(Cl)cc1. The minimum absolute atomic E-state index is 0.104. The number of ether oxygens (including phenoxy) is 1. The van der Waals surface area contributed by atoms with Crippen molar-refractivity contribution in [2.45, 2.75) is 13.3 Å². The number of benzene rings is 2. The number of thioether (sulfide) groups is 1. The second-order valence-electron chi connectivity index (χ2n) is 7.00. The van der Waals surface area contributed by atoms with Crippen LogP contribution in [0.3, 0.4) is 0 Å². The van der Waals surface area contributed by atoms with Crippen molar-refractivity contribution < 1.29 is 14.3 Å². The van der Waals surface area contributed by atoms with Gasteiger partial charge >= 0.3 is 12.0 Å². The molecule has 0 saturated heterocycles. The second-order valence-corrected chi connectivity index (χ2v) is 9.33. The number of halogens is 2. The molecule has 2 aromatic carbocycles. The Morgan fingerprint density at radius 3 is 2.52 bits per heavy atom. The summed E-state index contributed by atoms with van der Waals surface area (Å²) >= 11 is 11.1. The Labute approximate surface area is 199 Å². The number of anilines is 1. The van der Waals surface area contributed by atoms with Crippen LogP contribution in [0.25, 0.3) is 0 Å². The topological polar surface area (TPSA) is 71.0 Å². The third-order valence-corrected chi connectivity index (χ3v) is 6.33. The first-order valence-electron chi connectivity index (χ1n) is 9.75. The number of carbonyl (C=O) groups is 2. The average molecular weight is 525 g/mol. The third kappa shape index (κ3) is 5.42. The summed E-state index contributed by atoms with van der Waals surface area (Å²) in [5.74, 6) is 0.338. The molecule has 1 aliphatic heterocycles. The molecule has 0 bridgehead atoms. The van der Waals surface area contributed by atoms with Crippen LogP contribution in [0.1, 0.15) is 18.9 Å². The van der Waals surface area contributed by atoms with Crippen molar-refractivity contribution >= 4 is 62.7 Å². The molecular weight excluding hydrogens is 502 g/mol. The molecule has 9 heteroatoms. The Hall–Kier alpha value is -2.03. The van der Waals surface area contributed by atoms with Crippen molar-refractivity contribution in [3.63, 3.8) is 0 Å². The summed E-state index contributed by atoms with van der Waals surface area (Å²) in [4.78, 5) is 26.2. The van der Waals surface area contributed by atoms with E-state index in [9.17, 15) is 9.59 Å². The van der Waals surface area contributed by atoms with E-state index in [0.29, 0.717) is 28.6 Å². The van der Waals surface area contributed by atoms with Gasteiger partial charge in [0.25, 0.3) is 0 Å². The zero-order chi connectivity index (χ0) is 22.4. The van der Waals surface area contributed by atoms with E-state index in [4.69, 9.17) is 16.3 Å². The fourth-order valence-corrected chi connectivity index (χ4v) is 4.31. The molecule has 0 saturated carbocycles. The van der Waals surface area contributed by atoms with Crippen molar-refractivity contribution in [1.82, 2.24) is 5.01 Å². The predicted octanol–water partition coefficient (Wildman–Crippen LogP) is 5.66. The molecule has 3 rings (SSSR count). The molecule has 1 atom stereocenters. The number of carbonyl (C=O) groups excluding carboxylic acids is 2. The molecule has 0 radical (unpaired) electrons. The molecule has 1 unspecified atom stereocenters. The van der Waals surface area contributed by atoms with Crippen LogP contribution in [-0.2, 0) is 9.53 Å². The van der Waals surface area contributed by atoms with Gasteiger partial charge in [0.2, 0.25) is 0 Å². The number of rotatable bonds is 7. The van der Waals surface area contributed by atoms with Gasteiger partial charge in [-0.15, -0.1) is 0 Å². The summed E-state index contributed by atoms with van der Waals surface area (Å²) in [6.07, 6.45) is 2.47. The Morgan fingerprint density at radius 2 is 1.90 bits per heavy atom. The number of esters is 1. The monoisotopic (exact) mass is 523 g/mol. The summed E-state index contributed by atoms with van der Waals surface area (Å²) in [5, 5.41) is 9.31. The molecular formula is C22H23BrClN3O3S. The van der Waals surface area contributed by atoms with E-state index >= 15 is 0 Å². The maximum absolute atomic E-state index is 13.2. The van der Waals surface area contributed by atoms with Crippen LogP contribution in [0.2, 0.25) is 5.02 Å². The highest BCUT2D eigenvalue weighted by Crippen LogP contribution is 2.38. The van der Waals surface area contributed by atoms with Gasteiger partial charge in [-0.3, -0.25) is 4.79 Å². The highest BCUT2D eigenvalue weighted by molar-refractivity contribution is 9.10. The number of amides is 2. The molecule has 2 aromatic rings. The lowest BCUT2D eigenvalue weighted by molar-refractivity contribution is -0.151. The van der Waals surface area contributed by atoms with E-state index in [-0.39, 0.29) is 19.1 Å². The van der Waals surface area contributed by atoms with E-state index < -0.39 is 11.4 Å². The first kappa shape index (κ1) is 23.6. The molecule has 31 heavy (non-hydrogen) atoms. The molecule has 6 nitrogen and oxygen atoms in total. The van der Waals surface area contributed by atoms with E-state index in [1.807, 2.05) is 30.5 Å². The summed E-state index contributed by atoms with van der Waals surface area (Å²) in [7, 11) is 0. The lowest BCUT2D eigenvalue weighted by Crippen LogP contribution is -2.45. The first-order valence-corrected chi connectivity index (χ1v) is 12.3. The fraction of sp³-hybridized carbons (Fsp3) is 0.318. The molecule has 0 aromatic heterocycles. The first-order chi connectivity index (χ1) is 14.9. The standard InChI is InChI=1S/C22H23BrClN3O3S/c1-3-30-20(28)22(12-13-31-2)14-27(21(29)25-18-10-6-16(23)7-11-18)26-19(22)15-4-8-17(24)9-5-15/h4-11H,3,12-14H2,1-2H3,(H,25,29). The van der Waals surface area contributed by atoms with E-state index in [1.165, 1.54) is 5.01 Å². The smallest absolute Gasteiger partial charge is 0.342 e. The maximum Gasteiger partial charge on any atom is 0.342 e. The van der Waals surface area contributed by atoms with Gasteiger partial charge in [0, 0.05) is 15.2 Å². The zero-order valence-electron chi connectivity index (χ0n) is 17.2. The van der Waals surface area contributed by atoms with Crippen LogP contribution in [0.4, 0.5) is 10.5 Å². The van der Waals surface area contributed by atoms with E-state index in [0.717, 1.165) is 10.0 Å². The summed E-state index contributed by atoms with van der Waals surface area (Å²) < 4.78 is 6.35. The summed E-state index contributed by atoms with van der Waals surface area (Å²) in [5.41, 5.74) is 0.832. The molecule has 1 N–H and O–H groups in total. The van der Waals surface area contributed by atoms with Crippen molar-refractivity contribution in [3.8, 4) is 0 Å². The van der Waals surface area contributed by atoms with Gasteiger partial charge in [0.1, 0.15) is 5.41 Å². The van der Waals surface area contributed by atoms with Crippen molar-refractivity contribution in [3.05, 3.63) is 63.6 Å². The Bertz CT molecular complexity index is 969. The minimum atomic E-state index is -1.05. The molecule has 0 spiro atoms. The lowest BCUT2D eigenvalue weighted by Gasteiger charge is -2.28. The van der Waals surface area contributed by atoms with Crippen LogP contribution in [-0.4, -0.2) is 47.9 Å². The molecule has 1 heterocycles. The maximum atomic E-state index is 13.2. The number of urea groups is 1.